The van der Waals surface area contributed by atoms with Crippen molar-refractivity contribution in [2.45, 2.75) is 0 Å². The molecule has 2 N–H and O–H groups in total. The van der Waals surface area contributed by atoms with Crippen molar-refractivity contribution in [3.05, 3.63) is 36.1 Å². The van der Waals surface area contributed by atoms with Gasteiger partial charge < -0.3 is 0 Å². The molecule has 1 aromatic carbocycles. The molecule has 0 aliphatic rings. The Hall–Kier alpha value is -0.611. The maximum absolute atomic E-state index is 11.9. The molecule has 0 heterocycles. The van der Waals surface area contributed by atoms with Crippen LogP contribution in [0.2, 0.25) is 0 Å². The summed E-state index contributed by atoms with van der Waals surface area (Å²) in [5, 5.41) is 0. The van der Waals surface area contributed by atoms with Gasteiger partial charge in [0.15, 0.2) is 0 Å². The average Bonchev–Trinajstić information content (AvgIpc) is 1.87. The van der Waals surface area contributed by atoms with E-state index in [0.717, 1.165) is 0 Å². The summed E-state index contributed by atoms with van der Waals surface area (Å²) in [6.07, 6.45) is 0. The van der Waals surface area contributed by atoms with Gasteiger partial charge in [0, 0.05) is 0 Å². The maximum atomic E-state index is 11.9. The first-order valence-corrected chi connectivity index (χ1v) is 4.86. The van der Waals surface area contributed by atoms with Crippen LogP contribution in [0, 0.1) is 5.82 Å². The third-order valence-corrected chi connectivity index (χ3v) is 0.733. The summed E-state index contributed by atoms with van der Waals surface area (Å²) in [4.78, 5) is 0. The van der Waals surface area contributed by atoms with Crippen molar-refractivity contribution in [1.29, 1.82) is 0 Å². The molecule has 0 bridgehead atoms. The summed E-state index contributed by atoms with van der Waals surface area (Å²) in [5.41, 5.74) is 0. The van der Waals surface area contributed by atoms with Crippen LogP contribution in [0.3, 0.4) is 0 Å². The Morgan fingerprint density at radius 2 is 1.55 bits per heavy atom. The Kier molecular flexibility index (Phi) is 5.78. The van der Waals surface area contributed by atoms with Crippen molar-refractivity contribution < 1.29 is 16.6 Å². The van der Waals surface area contributed by atoms with Crippen LogP contribution in [-0.2, 0) is 3.83 Å². The molecule has 0 aliphatic heterocycles. The Balaban J connectivity index is 0.000000218. The molecule has 0 aliphatic carbocycles. The van der Waals surface area contributed by atoms with Crippen LogP contribution >= 0.6 is 0 Å². The number of hydrogen-bond donors (Lipinski definition) is 2. The van der Waals surface area contributed by atoms with Crippen LogP contribution in [0.1, 0.15) is 0 Å². The molecule has 0 saturated heterocycles. The Morgan fingerprint density at radius 3 is 1.73 bits per heavy atom. The second-order valence-corrected chi connectivity index (χ2v) is 2.49. The quantitative estimate of drug-likeness (QED) is 0.620. The van der Waals surface area contributed by atoms with Gasteiger partial charge in [-0.2, -0.15) is 0 Å². The minimum atomic E-state index is -3.29. The van der Waals surface area contributed by atoms with Crippen LogP contribution in [0.5, 0.6) is 0 Å². The molecule has 0 unspecified atom stereocenters. The van der Waals surface area contributed by atoms with E-state index < -0.39 is 14.5 Å². The van der Waals surface area contributed by atoms with E-state index in [1.54, 1.807) is 18.2 Å². The van der Waals surface area contributed by atoms with Gasteiger partial charge in [0.1, 0.15) is 5.82 Å². The van der Waals surface area contributed by atoms with Gasteiger partial charge in [-0.05, 0) is 12.1 Å². The third kappa shape index (κ3) is 9.39. The topological polar surface area (TPSA) is 57.5 Å². The molecule has 11 heavy (non-hydrogen) atoms. The van der Waals surface area contributed by atoms with Gasteiger partial charge in [-0.1, -0.05) is 18.2 Å². The molecule has 1 aromatic rings. The summed E-state index contributed by atoms with van der Waals surface area (Å²) < 4.78 is 35.0. The van der Waals surface area contributed by atoms with E-state index in [-0.39, 0.29) is 5.82 Å². The summed E-state index contributed by atoms with van der Waals surface area (Å²) in [5.74, 6) is -0.178. The molecule has 5 heteroatoms. The second kappa shape index (κ2) is 6.12. The fourth-order valence-corrected chi connectivity index (χ4v) is 0.415. The van der Waals surface area contributed by atoms with Gasteiger partial charge in [-0.3, -0.25) is 0 Å². The van der Waals surface area contributed by atoms with Crippen molar-refractivity contribution in [2.75, 3.05) is 0 Å². The molecular weight excluding hydrogens is 218 g/mol. The van der Waals surface area contributed by atoms with E-state index >= 15 is 0 Å². The minimum absolute atomic E-state index is 0.178. The van der Waals surface area contributed by atoms with Gasteiger partial charge in [-0.25, -0.2) is 4.39 Å². The zero-order valence-corrected chi connectivity index (χ0v) is 7.19. The van der Waals surface area contributed by atoms with Gasteiger partial charge in [0.25, 0.3) is 0 Å². The van der Waals surface area contributed by atoms with Crippen LogP contribution in [0.4, 0.5) is 4.39 Å². The fourth-order valence-electron chi connectivity index (χ4n) is 0.415. The number of rotatable bonds is 0. The van der Waals surface area contributed by atoms with Crippen molar-refractivity contribution >= 4 is 14.5 Å². The Bertz CT molecular complexity index is 210. The zero-order valence-electron chi connectivity index (χ0n) is 5.48. The standard InChI is InChI=1S/C6H5F.H2O3Se/c7-6-4-2-1-3-5-6;1-4(2)3/h1-5H;(H2,1,2,3). The van der Waals surface area contributed by atoms with Crippen LogP contribution in [0.25, 0.3) is 0 Å². The van der Waals surface area contributed by atoms with E-state index in [9.17, 15) is 4.39 Å². The summed E-state index contributed by atoms with van der Waals surface area (Å²) >= 11 is -3.29. The molecule has 0 radical (unpaired) electrons. The normalized spacial score (nSPS) is 8.73. The molecule has 0 atom stereocenters. The zero-order chi connectivity index (χ0) is 8.69. The predicted molar refractivity (Wildman–Crippen MR) is 37.3 cm³/mol. The van der Waals surface area contributed by atoms with Crippen LogP contribution < -0.4 is 0 Å². The molecular formula is C6H7FO3Se. The third-order valence-electron chi connectivity index (χ3n) is 0.733. The Morgan fingerprint density at radius 1 is 1.18 bits per heavy atom. The summed E-state index contributed by atoms with van der Waals surface area (Å²) in [6, 6.07) is 7.94. The molecule has 0 saturated carbocycles. The SMILES string of the molecule is Fc1ccccc1.O=[Se](O)O. The average molecular weight is 225 g/mol. The summed E-state index contributed by atoms with van der Waals surface area (Å²) in [7, 11) is 0. The number of halogens is 1. The van der Waals surface area contributed by atoms with Crippen molar-refractivity contribution in [1.82, 2.24) is 0 Å². The molecule has 0 amide bonds. The molecule has 62 valence electrons. The second-order valence-electron chi connectivity index (χ2n) is 1.53. The van der Waals surface area contributed by atoms with Crippen molar-refractivity contribution in [3.8, 4) is 0 Å². The van der Waals surface area contributed by atoms with Gasteiger partial charge in [-0.15, -0.1) is 0 Å². The number of hydrogen-bond acceptors (Lipinski definition) is 1. The first kappa shape index (κ1) is 10.4. The van der Waals surface area contributed by atoms with E-state index in [4.69, 9.17) is 12.2 Å². The fraction of sp³-hybridized carbons (Fsp3) is 0. The predicted octanol–water partition coefficient (Wildman–Crippen LogP) is 0.212. The molecule has 3 nitrogen and oxygen atoms in total. The first-order valence-electron chi connectivity index (χ1n) is 2.63. The number of benzene rings is 1. The monoisotopic (exact) mass is 226 g/mol. The molecule has 1 rings (SSSR count). The molecule has 0 fully saturated rings. The van der Waals surface area contributed by atoms with E-state index in [1.165, 1.54) is 12.1 Å². The Labute approximate surface area is 67.8 Å². The molecule has 0 aromatic heterocycles. The van der Waals surface area contributed by atoms with Gasteiger partial charge in [0.2, 0.25) is 0 Å². The van der Waals surface area contributed by atoms with E-state index in [0.29, 0.717) is 0 Å². The van der Waals surface area contributed by atoms with Crippen molar-refractivity contribution in [3.63, 3.8) is 0 Å². The molecule has 0 spiro atoms. The summed E-state index contributed by atoms with van der Waals surface area (Å²) in [6.45, 7) is 0. The van der Waals surface area contributed by atoms with Gasteiger partial charge in [0.05, 0.1) is 0 Å². The van der Waals surface area contributed by atoms with Crippen LogP contribution in [-0.4, -0.2) is 22.9 Å². The van der Waals surface area contributed by atoms with Crippen molar-refractivity contribution in [2.24, 2.45) is 0 Å². The van der Waals surface area contributed by atoms with E-state index in [1.807, 2.05) is 0 Å². The first-order chi connectivity index (χ1) is 5.13. The van der Waals surface area contributed by atoms with E-state index in [2.05, 4.69) is 0 Å². The van der Waals surface area contributed by atoms with Gasteiger partial charge >= 0.3 is 26.7 Å². The van der Waals surface area contributed by atoms with Crippen LogP contribution in [0.15, 0.2) is 30.3 Å².